The molecule has 2 aromatic rings. The zero-order valence-corrected chi connectivity index (χ0v) is 19.7. The molecule has 1 amide bonds. The van der Waals surface area contributed by atoms with Crippen molar-refractivity contribution in [1.82, 2.24) is 9.21 Å². The molecule has 0 aliphatic carbocycles. The van der Waals surface area contributed by atoms with Crippen LogP contribution in [0.2, 0.25) is 0 Å². The van der Waals surface area contributed by atoms with Gasteiger partial charge >= 0.3 is 6.18 Å². The summed E-state index contributed by atoms with van der Waals surface area (Å²) in [4.78, 5) is 15.0. The maximum atomic E-state index is 14.9. The molecule has 6 nitrogen and oxygen atoms in total. The second-order valence-electron chi connectivity index (χ2n) is 8.25. The number of carbonyl (C=O) groups is 1. The minimum absolute atomic E-state index is 0.0446. The number of hydrogen-bond acceptors (Lipinski definition) is 4. The first-order valence-corrected chi connectivity index (χ1v) is 12.3. The molecule has 0 saturated carbocycles. The van der Waals surface area contributed by atoms with E-state index in [2.05, 4.69) is 0 Å². The summed E-state index contributed by atoms with van der Waals surface area (Å²) in [7, 11) is -4.45. The second-order valence-corrected chi connectivity index (χ2v) is 10.5. The zero-order valence-electron chi connectivity index (χ0n) is 18.9. The van der Waals surface area contributed by atoms with Gasteiger partial charge in [0.25, 0.3) is 0 Å². The van der Waals surface area contributed by atoms with Gasteiger partial charge in [-0.15, -0.1) is 0 Å². The summed E-state index contributed by atoms with van der Waals surface area (Å²) < 4.78 is 81.2. The number of anilines is 1. The quantitative estimate of drug-likeness (QED) is 0.539. The van der Waals surface area contributed by atoms with Crippen molar-refractivity contribution in [3.63, 3.8) is 0 Å². The molecule has 0 radical (unpaired) electrons. The van der Waals surface area contributed by atoms with E-state index in [0.29, 0.717) is 37.4 Å². The van der Waals surface area contributed by atoms with Crippen molar-refractivity contribution in [2.75, 3.05) is 37.6 Å². The molecule has 1 aliphatic rings. The number of carbonyl (C=O) groups excluding carboxylic acids is 1. The van der Waals surface area contributed by atoms with Crippen LogP contribution in [0.15, 0.2) is 48.5 Å². The standard InChI is InChI=1S/C23H27F4N3O3S/c1-17(19-6-4-3-5-7-19)34(32,33)30(16-23(25,26)27)15-20-8-9-21(14-22(20)24)29-12-10-28(11-13-29)18(2)31/h3-9,14,17H,10-13,15-16H2,1-2H3. The van der Waals surface area contributed by atoms with Crippen LogP contribution in [-0.2, 0) is 21.4 Å². The topological polar surface area (TPSA) is 60.9 Å². The summed E-state index contributed by atoms with van der Waals surface area (Å²) in [5.74, 6) is -0.835. The van der Waals surface area contributed by atoms with Crippen molar-refractivity contribution in [2.24, 2.45) is 0 Å². The molecule has 11 heteroatoms. The van der Waals surface area contributed by atoms with Crippen molar-refractivity contribution in [2.45, 2.75) is 31.8 Å². The van der Waals surface area contributed by atoms with Crippen LogP contribution in [-0.4, -0.2) is 62.4 Å². The van der Waals surface area contributed by atoms with E-state index < -0.39 is 40.4 Å². The number of piperazine rings is 1. The first-order chi connectivity index (χ1) is 15.9. The molecule has 0 N–H and O–H groups in total. The Bertz CT molecular complexity index is 1100. The maximum absolute atomic E-state index is 14.9. The van der Waals surface area contributed by atoms with Crippen molar-refractivity contribution in [1.29, 1.82) is 0 Å². The Kier molecular flexibility index (Phi) is 7.87. The minimum atomic E-state index is -4.80. The molecule has 1 aliphatic heterocycles. The Morgan fingerprint density at radius 1 is 1.06 bits per heavy atom. The molecule has 1 saturated heterocycles. The number of amides is 1. The first-order valence-electron chi connectivity index (χ1n) is 10.8. The fourth-order valence-electron chi connectivity index (χ4n) is 3.89. The largest absolute Gasteiger partial charge is 0.402 e. The van der Waals surface area contributed by atoms with Gasteiger partial charge in [0.2, 0.25) is 15.9 Å². The lowest BCUT2D eigenvalue weighted by Gasteiger charge is -2.35. The fourth-order valence-corrected chi connectivity index (χ4v) is 5.48. The van der Waals surface area contributed by atoms with Gasteiger partial charge in [-0.05, 0) is 24.6 Å². The smallest absolute Gasteiger partial charge is 0.368 e. The molecule has 3 rings (SSSR count). The summed E-state index contributed by atoms with van der Waals surface area (Å²) >= 11 is 0. The molecule has 0 spiro atoms. The predicted octanol–water partition coefficient (Wildman–Crippen LogP) is 3.95. The van der Waals surface area contributed by atoms with Gasteiger partial charge < -0.3 is 9.80 Å². The van der Waals surface area contributed by atoms with E-state index in [1.165, 1.54) is 38.1 Å². The second kappa shape index (κ2) is 10.3. The van der Waals surface area contributed by atoms with Crippen LogP contribution in [0.5, 0.6) is 0 Å². The first kappa shape index (κ1) is 26.0. The summed E-state index contributed by atoms with van der Waals surface area (Å²) in [6, 6.07) is 12.0. The number of nitrogens with zero attached hydrogens (tertiary/aromatic N) is 3. The van der Waals surface area contributed by atoms with Crippen LogP contribution < -0.4 is 4.90 Å². The van der Waals surface area contributed by atoms with E-state index in [-0.39, 0.29) is 15.8 Å². The SMILES string of the molecule is CC(=O)N1CCN(c2ccc(CN(CC(F)(F)F)S(=O)(=O)C(C)c3ccccc3)c(F)c2)CC1. The van der Waals surface area contributed by atoms with E-state index in [0.717, 1.165) is 0 Å². The third kappa shape index (κ3) is 6.26. The Morgan fingerprint density at radius 2 is 1.68 bits per heavy atom. The predicted molar refractivity (Wildman–Crippen MR) is 121 cm³/mol. The molecule has 1 atom stereocenters. The molecule has 1 heterocycles. The van der Waals surface area contributed by atoms with Crippen LogP contribution in [0.1, 0.15) is 30.2 Å². The Labute approximate surface area is 196 Å². The third-order valence-corrected chi connectivity index (χ3v) is 8.05. The molecular formula is C23H27F4N3O3S. The third-order valence-electron chi connectivity index (χ3n) is 5.90. The van der Waals surface area contributed by atoms with Gasteiger partial charge in [-0.3, -0.25) is 4.79 Å². The van der Waals surface area contributed by atoms with Gasteiger partial charge in [-0.2, -0.15) is 17.5 Å². The van der Waals surface area contributed by atoms with Crippen LogP contribution in [0.3, 0.4) is 0 Å². The summed E-state index contributed by atoms with van der Waals surface area (Å²) in [5.41, 5.74) is 0.710. The van der Waals surface area contributed by atoms with E-state index in [1.807, 2.05) is 4.90 Å². The van der Waals surface area contributed by atoms with Crippen molar-refractivity contribution < 1.29 is 30.8 Å². The lowest BCUT2D eigenvalue weighted by Crippen LogP contribution is -2.48. The highest BCUT2D eigenvalue weighted by atomic mass is 32.2. The minimum Gasteiger partial charge on any atom is -0.368 e. The van der Waals surface area contributed by atoms with Crippen LogP contribution in [0.4, 0.5) is 23.2 Å². The molecule has 0 aromatic heterocycles. The van der Waals surface area contributed by atoms with Gasteiger partial charge in [0.05, 0.1) is 5.25 Å². The van der Waals surface area contributed by atoms with Gasteiger partial charge in [-0.25, -0.2) is 12.8 Å². The highest BCUT2D eigenvalue weighted by Gasteiger charge is 2.39. The number of alkyl halides is 3. The summed E-state index contributed by atoms with van der Waals surface area (Å²) in [6.07, 6.45) is -4.80. The summed E-state index contributed by atoms with van der Waals surface area (Å²) in [5, 5.41) is -1.24. The van der Waals surface area contributed by atoms with Crippen molar-refractivity contribution in [3.8, 4) is 0 Å². The number of hydrogen-bond donors (Lipinski definition) is 0. The van der Waals surface area contributed by atoms with Gasteiger partial charge in [0.1, 0.15) is 12.4 Å². The van der Waals surface area contributed by atoms with E-state index in [4.69, 9.17) is 0 Å². The normalized spacial score (nSPS) is 16.1. The number of halogens is 4. The van der Waals surface area contributed by atoms with E-state index in [1.54, 1.807) is 29.2 Å². The van der Waals surface area contributed by atoms with E-state index in [9.17, 15) is 30.8 Å². The fraction of sp³-hybridized carbons (Fsp3) is 0.435. The molecule has 34 heavy (non-hydrogen) atoms. The van der Waals surface area contributed by atoms with Crippen LogP contribution in [0, 0.1) is 5.82 Å². The maximum Gasteiger partial charge on any atom is 0.402 e. The zero-order chi connectivity index (χ0) is 25.1. The van der Waals surface area contributed by atoms with Gasteiger partial charge in [0, 0.05) is 50.9 Å². The lowest BCUT2D eigenvalue weighted by atomic mass is 10.1. The highest BCUT2D eigenvalue weighted by molar-refractivity contribution is 7.89. The molecule has 1 fully saturated rings. The number of benzene rings is 2. The lowest BCUT2D eigenvalue weighted by molar-refractivity contribution is -0.137. The molecular weight excluding hydrogens is 474 g/mol. The average Bonchev–Trinajstić information content (AvgIpc) is 2.79. The van der Waals surface area contributed by atoms with Gasteiger partial charge in [-0.1, -0.05) is 36.4 Å². The van der Waals surface area contributed by atoms with E-state index >= 15 is 0 Å². The summed E-state index contributed by atoms with van der Waals surface area (Å²) in [6.45, 7) is 2.26. The molecule has 186 valence electrons. The number of rotatable bonds is 7. The van der Waals surface area contributed by atoms with Gasteiger partial charge in [0.15, 0.2) is 0 Å². The highest BCUT2D eigenvalue weighted by Crippen LogP contribution is 2.30. The number of sulfonamides is 1. The Hall–Kier alpha value is -2.66. The average molecular weight is 502 g/mol. The van der Waals surface area contributed by atoms with Crippen molar-refractivity contribution >= 4 is 21.6 Å². The molecule has 1 unspecified atom stereocenters. The monoisotopic (exact) mass is 501 g/mol. The van der Waals surface area contributed by atoms with Crippen molar-refractivity contribution in [3.05, 3.63) is 65.5 Å². The molecule has 0 bridgehead atoms. The Morgan fingerprint density at radius 3 is 2.21 bits per heavy atom. The van der Waals surface area contributed by atoms with Crippen LogP contribution >= 0.6 is 0 Å². The van der Waals surface area contributed by atoms with Crippen LogP contribution in [0.25, 0.3) is 0 Å². The Balaban J connectivity index is 1.82. The molecule has 2 aromatic carbocycles.